The zero-order valence-corrected chi connectivity index (χ0v) is 20.7. The average Bonchev–Trinajstić information content (AvgIpc) is 2.87. The van der Waals surface area contributed by atoms with Gasteiger partial charge in [0.15, 0.2) is 19.7 Å². The van der Waals surface area contributed by atoms with Crippen LogP contribution >= 0.6 is 0 Å². The molecule has 0 heterocycles. The van der Waals surface area contributed by atoms with Gasteiger partial charge in [-0.3, -0.25) is 0 Å². The number of benzene rings is 3. The van der Waals surface area contributed by atoms with Gasteiger partial charge in [-0.1, -0.05) is 72.8 Å². The number of allylic oxidation sites excluding steroid dienone is 2. The molecular weight excluding hydrogens is 464 g/mol. The van der Waals surface area contributed by atoms with Gasteiger partial charge in [0.1, 0.15) is 0 Å². The van der Waals surface area contributed by atoms with Gasteiger partial charge in [-0.15, -0.1) is 0 Å². The molecule has 34 heavy (non-hydrogen) atoms. The van der Waals surface area contributed by atoms with Gasteiger partial charge in [-0.25, -0.2) is 16.8 Å². The zero-order chi connectivity index (χ0) is 24.0. The summed E-state index contributed by atoms with van der Waals surface area (Å²) in [6, 6.07) is 24.3. The van der Waals surface area contributed by atoms with Crippen molar-refractivity contribution in [3.8, 4) is 0 Å². The summed E-state index contributed by atoms with van der Waals surface area (Å²) in [7, 11) is -7.27. The summed E-state index contributed by atoms with van der Waals surface area (Å²) in [5.41, 5.74) is 1.30. The van der Waals surface area contributed by atoms with Crippen LogP contribution in [0.3, 0.4) is 0 Å². The van der Waals surface area contributed by atoms with Gasteiger partial charge in [0.05, 0.1) is 20.3 Å². The van der Waals surface area contributed by atoms with E-state index in [9.17, 15) is 16.8 Å². The second-order valence-electron chi connectivity index (χ2n) is 8.70. The molecular formula is C28H30O4S2. The minimum absolute atomic E-state index is 0.290. The van der Waals surface area contributed by atoms with Crippen molar-refractivity contribution in [2.24, 2.45) is 0 Å². The molecule has 178 valence electrons. The molecule has 0 N–H and O–H groups in total. The topological polar surface area (TPSA) is 68.3 Å². The van der Waals surface area contributed by atoms with Crippen LogP contribution in [0.1, 0.15) is 60.2 Å². The molecule has 0 saturated heterocycles. The van der Waals surface area contributed by atoms with Crippen molar-refractivity contribution < 1.29 is 16.8 Å². The van der Waals surface area contributed by atoms with E-state index in [1.165, 1.54) is 0 Å². The standard InChI is InChI=1S/C28H30O4S2/c29-33(30,25-16-7-5-8-17-25)27-20-11-3-1-2-4-12-21-28(24-15-13-14-23(27)22-24)34(31,32)26-18-9-6-10-19-26/h1-2,5-10,13-19,22,27-28H,3-4,11-12,20-21H2/b2-1+/t27-,28+. The first-order valence-corrected chi connectivity index (χ1v) is 14.8. The molecule has 0 aromatic heterocycles. The summed E-state index contributed by atoms with van der Waals surface area (Å²) in [5.74, 6) is 0. The van der Waals surface area contributed by atoms with Gasteiger partial charge < -0.3 is 0 Å². The van der Waals surface area contributed by atoms with Gasteiger partial charge in [0.2, 0.25) is 0 Å². The third kappa shape index (κ3) is 5.34. The lowest BCUT2D eigenvalue weighted by molar-refractivity contribution is 0.570. The Morgan fingerprint density at radius 2 is 0.941 bits per heavy atom. The first kappa shape index (κ1) is 24.4. The predicted molar refractivity (Wildman–Crippen MR) is 136 cm³/mol. The SMILES string of the molecule is O=S(=O)(c1ccccc1)[C@@H]1CCC/C=C/CCC[C@H](S(=O)(=O)c2ccccc2)c2cccc1c2. The summed E-state index contributed by atoms with van der Waals surface area (Å²) in [5, 5.41) is -1.46. The number of fused-ring (bicyclic) bond motifs is 2. The number of sulfone groups is 2. The molecule has 4 nitrogen and oxygen atoms in total. The van der Waals surface area contributed by atoms with Crippen LogP contribution in [0, 0.1) is 0 Å². The van der Waals surface area contributed by atoms with E-state index in [-0.39, 0.29) is 0 Å². The van der Waals surface area contributed by atoms with Gasteiger partial charge >= 0.3 is 0 Å². The Labute approximate surface area is 203 Å². The van der Waals surface area contributed by atoms with Crippen molar-refractivity contribution >= 4 is 19.7 Å². The third-order valence-electron chi connectivity index (χ3n) is 6.39. The minimum Gasteiger partial charge on any atom is -0.223 e. The molecule has 2 atom stereocenters. The Bertz CT molecular complexity index is 1230. The van der Waals surface area contributed by atoms with E-state index < -0.39 is 30.2 Å². The van der Waals surface area contributed by atoms with Gasteiger partial charge in [0, 0.05) is 0 Å². The van der Waals surface area contributed by atoms with E-state index in [0.29, 0.717) is 33.8 Å². The molecule has 1 aliphatic rings. The normalized spacial score (nSPS) is 20.9. The second-order valence-corrected chi connectivity index (χ2v) is 13.0. The fraction of sp³-hybridized carbons (Fsp3) is 0.286. The first-order valence-electron chi connectivity index (χ1n) is 11.7. The van der Waals surface area contributed by atoms with Crippen LogP contribution in [0.2, 0.25) is 0 Å². The highest BCUT2D eigenvalue weighted by Crippen LogP contribution is 2.38. The smallest absolute Gasteiger partial charge is 0.185 e. The lowest BCUT2D eigenvalue weighted by Gasteiger charge is -2.22. The molecule has 0 amide bonds. The molecule has 0 radical (unpaired) electrons. The summed E-state index contributed by atoms with van der Waals surface area (Å²) >= 11 is 0. The largest absolute Gasteiger partial charge is 0.223 e. The molecule has 0 aliphatic heterocycles. The fourth-order valence-electron chi connectivity index (χ4n) is 4.59. The van der Waals surface area contributed by atoms with Crippen LogP contribution in [0.4, 0.5) is 0 Å². The maximum atomic E-state index is 13.6. The number of hydrogen-bond donors (Lipinski definition) is 0. The third-order valence-corrected chi connectivity index (χ3v) is 10.8. The van der Waals surface area contributed by atoms with Crippen molar-refractivity contribution in [1.82, 2.24) is 0 Å². The minimum atomic E-state index is -3.64. The van der Waals surface area contributed by atoms with Crippen LogP contribution < -0.4 is 0 Å². The second kappa shape index (κ2) is 10.7. The van der Waals surface area contributed by atoms with Crippen LogP contribution in [-0.2, 0) is 19.7 Å². The number of hydrogen-bond acceptors (Lipinski definition) is 4. The van der Waals surface area contributed by atoms with Gasteiger partial charge in [-0.2, -0.15) is 0 Å². The Hall–Kier alpha value is -2.70. The lowest BCUT2D eigenvalue weighted by atomic mass is 10.0. The van der Waals surface area contributed by atoms with Crippen molar-refractivity contribution in [2.45, 2.75) is 58.8 Å². The Morgan fingerprint density at radius 1 is 0.529 bits per heavy atom. The maximum absolute atomic E-state index is 13.6. The zero-order valence-electron chi connectivity index (χ0n) is 19.1. The predicted octanol–water partition coefficient (Wildman–Crippen LogP) is 6.63. The van der Waals surface area contributed by atoms with Crippen LogP contribution in [-0.4, -0.2) is 16.8 Å². The molecule has 0 saturated carbocycles. The lowest BCUT2D eigenvalue weighted by Crippen LogP contribution is -2.17. The summed E-state index contributed by atoms with van der Waals surface area (Å²) in [6.07, 6.45) is 8.19. The van der Waals surface area contributed by atoms with Crippen LogP contribution in [0.5, 0.6) is 0 Å². The Kier molecular flexibility index (Phi) is 7.69. The van der Waals surface area contributed by atoms with E-state index in [1.54, 1.807) is 66.7 Å². The van der Waals surface area contributed by atoms with E-state index in [2.05, 4.69) is 12.2 Å². The molecule has 6 heteroatoms. The number of rotatable bonds is 4. The van der Waals surface area contributed by atoms with Crippen molar-refractivity contribution in [3.05, 3.63) is 108 Å². The molecule has 0 unspecified atom stereocenters. The molecule has 1 aliphatic carbocycles. The molecule has 3 aromatic carbocycles. The van der Waals surface area contributed by atoms with Crippen molar-refractivity contribution in [1.29, 1.82) is 0 Å². The van der Waals surface area contributed by atoms with Crippen molar-refractivity contribution in [2.75, 3.05) is 0 Å². The van der Waals surface area contributed by atoms with Crippen LogP contribution in [0.25, 0.3) is 0 Å². The monoisotopic (exact) mass is 494 g/mol. The Morgan fingerprint density at radius 3 is 1.35 bits per heavy atom. The molecule has 2 bridgehead atoms. The van der Waals surface area contributed by atoms with Gasteiger partial charge in [0.25, 0.3) is 0 Å². The van der Waals surface area contributed by atoms with E-state index in [0.717, 1.165) is 25.7 Å². The molecule has 0 fully saturated rings. The summed E-state index contributed by atoms with van der Waals surface area (Å²) < 4.78 is 54.6. The van der Waals surface area contributed by atoms with E-state index in [1.807, 2.05) is 18.2 Å². The van der Waals surface area contributed by atoms with Crippen LogP contribution in [0.15, 0.2) is 107 Å². The Balaban J connectivity index is 1.82. The quantitative estimate of drug-likeness (QED) is 0.382. The molecule has 0 spiro atoms. The first-order chi connectivity index (χ1) is 16.4. The summed E-state index contributed by atoms with van der Waals surface area (Å²) in [4.78, 5) is 0.581. The van der Waals surface area contributed by atoms with Gasteiger partial charge in [-0.05, 0) is 73.9 Å². The van der Waals surface area contributed by atoms with E-state index in [4.69, 9.17) is 0 Å². The fourth-order valence-corrected chi connectivity index (χ4v) is 8.28. The summed E-state index contributed by atoms with van der Waals surface area (Å²) in [6.45, 7) is 0. The average molecular weight is 495 g/mol. The highest BCUT2D eigenvalue weighted by molar-refractivity contribution is 7.92. The highest BCUT2D eigenvalue weighted by Gasteiger charge is 2.32. The molecule has 3 aromatic rings. The molecule has 4 rings (SSSR count). The van der Waals surface area contributed by atoms with E-state index >= 15 is 0 Å². The maximum Gasteiger partial charge on any atom is 0.185 e. The highest BCUT2D eigenvalue weighted by atomic mass is 32.2. The van der Waals surface area contributed by atoms with Crippen molar-refractivity contribution in [3.63, 3.8) is 0 Å².